The first-order chi connectivity index (χ1) is 8.82. The second kappa shape index (κ2) is 4.75. The number of aromatic nitrogens is 2. The Labute approximate surface area is 112 Å². The highest BCUT2D eigenvalue weighted by Gasteiger charge is 2.37. The number of nitrogens with zero attached hydrogens (tertiary/aromatic N) is 1. The normalized spacial score (nSPS) is 16.6. The van der Waals surface area contributed by atoms with Crippen LogP contribution >= 0.6 is 0 Å². The average molecular weight is 266 g/mol. The number of hydrogen-bond acceptors (Lipinski definition) is 4. The molecule has 1 aromatic rings. The average Bonchev–Trinajstić information content (AvgIpc) is 3.02. The zero-order valence-electron chi connectivity index (χ0n) is 11.7. The van der Waals surface area contributed by atoms with E-state index in [2.05, 4.69) is 17.2 Å². The molecular weight excluding hydrogens is 244 g/mol. The third kappa shape index (κ3) is 3.00. The summed E-state index contributed by atoms with van der Waals surface area (Å²) in [5.41, 5.74) is 5.66. The Morgan fingerprint density at radius 3 is 2.58 bits per heavy atom. The highest BCUT2D eigenvalue weighted by molar-refractivity contribution is 5.60. The molecule has 106 valence electrons. The number of aromatic amines is 1. The van der Waals surface area contributed by atoms with Crippen molar-refractivity contribution >= 4 is 11.5 Å². The Bertz CT molecular complexity index is 581. The van der Waals surface area contributed by atoms with Crippen molar-refractivity contribution in [3.8, 4) is 0 Å². The summed E-state index contributed by atoms with van der Waals surface area (Å²) >= 11 is 0. The SMILES string of the molecule is CC(C)Cn1c(N)c(NCC2(C)CC2)c(=O)[nH]c1=O. The number of nitrogens with two attached hydrogens (primary N) is 1. The molecule has 19 heavy (non-hydrogen) atoms. The number of H-pyrrole nitrogens is 1. The van der Waals surface area contributed by atoms with E-state index in [4.69, 9.17) is 5.73 Å². The van der Waals surface area contributed by atoms with Crippen LogP contribution in [-0.4, -0.2) is 16.1 Å². The lowest BCUT2D eigenvalue weighted by Crippen LogP contribution is -2.35. The van der Waals surface area contributed by atoms with Gasteiger partial charge in [0.05, 0.1) is 0 Å². The fraction of sp³-hybridized carbons (Fsp3) is 0.692. The molecule has 0 aliphatic heterocycles. The van der Waals surface area contributed by atoms with Crippen LogP contribution < -0.4 is 22.3 Å². The van der Waals surface area contributed by atoms with E-state index in [0.29, 0.717) is 18.8 Å². The van der Waals surface area contributed by atoms with Crippen LogP contribution in [0.25, 0.3) is 0 Å². The van der Waals surface area contributed by atoms with Crippen LogP contribution in [0.3, 0.4) is 0 Å². The van der Waals surface area contributed by atoms with Gasteiger partial charge >= 0.3 is 5.69 Å². The summed E-state index contributed by atoms with van der Waals surface area (Å²) in [6.45, 7) is 7.35. The molecule has 1 heterocycles. The van der Waals surface area contributed by atoms with Crippen molar-refractivity contribution in [2.45, 2.75) is 40.2 Å². The van der Waals surface area contributed by atoms with E-state index < -0.39 is 11.2 Å². The Morgan fingerprint density at radius 2 is 2.05 bits per heavy atom. The van der Waals surface area contributed by atoms with Crippen LogP contribution in [-0.2, 0) is 6.54 Å². The van der Waals surface area contributed by atoms with E-state index in [9.17, 15) is 9.59 Å². The summed E-state index contributed by atoms with van der Waals surface area (Å²) in [6.07, 6.45) is 2.31. The number of nitrogens with one attached hydrogen (secondary N) is 2. The number of anilines is 2. The van der Waals surface area contributed by atoms with Crippen molar-refractivity contribution in [2.75, 3.05) is 17.6 Å². The first kappa shape index (κ1) is 13.7. The van der Waals surface area contributed by atoms with Crippen molar-refractivity contribution in [1.29, 1.82) is 0 Å². The molecule has 0 amide bonds. The lowest BCUT2D eigenvalue weighted by atomic mass is 10.1. The molecule has 1 fully saturated rings. The number of rotatable bonds is 5. The molecule has 0 spiro atoms. The van der Waals surface area contributed by atoms with E-state index in [1.807, 2.05) is 13.8 Å². The quantitative estimate of drug-likeness (QED) is 0.741. The summed E-state index contributed by atoms with van der Waals surface area (Å²) < 4.78 is 1.42. The smallest absolute Gasteiger partial charge is 0.330 e. The third-order valence-electron chi connectivity index (χ3n) is 3.58. The molecule has 1 aliphatic carbocycles. The summed E-state index contributed by atoms with van der Waals surface area (Å²) in [4.78, 5) is 25.9. The van der Waals surface area contributed by atoms with E-state index in [-0.39, 0.29) is 17.2 Å². The van der Waals surface area contributed by atoms with Crippen LogP contribution in [0.4, 0.5) is 11.5 Å². The van der Waals surface area contributed by atoms with Crippen molar-refractivity contribution in [3.05, 3.63) is 20.8 Å². The van der Waals surface area contributed by atoms with Gasteiger partial charge in [0.2, 0.25) is 0 Å². The Balaban J connectivity index is 2.31. The fourth-order valence-corrected chi connectivity index (χ4v) is 2.00. The molecule has 6 nitrogen and oxygen atoms in total. The molecule has 0 aromatic carbocycles. The first-order valence-corrected chi connectivity index (χ1v) is 6.69. The van der Waals surface area contributed by atoms with Crippen LogP contribution in [0, 0.1) is 11.3 Å². The van der Waals surface area contributed by atoms with Gasteiger partial charge in [-0.05, 0) is 24.2 Å². The van der Waals surface area contributed by atoms with Gasteiger partial charge in [-0.2, -0.15) is 0 Å². The zero-order valence-corrected chi connectivity index (χ0v) is 11.7. The second-order valence-electron chi connectivity index (χ2n) is 6.19. The Morgan fingerprint density at radius 1 is 1.42 bits per heavy atom. The van der Waals surface area contributed by atoms with E-state index in [1.165, 1.54) is 4.57 Å². The van der Waals surface area contributed by atoms with Gasteiger partial charge in [0, 0.05) is 13.1 Å². The van der Waals surface area contributed by atoms with Gasteiger partial charge in [-0.15, -0.1) is 0 Å². The molecule has 1 aromatic heterocycles. The predicted molar refractivity (Wildman–Crippen MR) is 76.4 cm³/mol. The molecule has 6 heteroatoms. The van der Waals surface area contributed by atoms with Crippen molar-refractivity contribution in [2.24, 2.45) is 11.3 Å². The first-order valence-electron chi connectivity index (χ1n) is 6.69. The zero-order chi connectivity index (χ0) is 14.2. The predicted octanol–water partition coefficient (Wildman–Crippen LogP) is 0.987. The molecule has 0 unspecified atom stereocenters. The maximum Gasteiger partial charge on any atom is 0.330 e. The summed E-state index contributed by atoms with van der Waals surface area (Å²) in [6, 6.07) is 0. The monoisotopic (exact) mass is 266 g/mol. The van der Waals surface area contributed by atoms with Crippen molar-refractivity contribution in [1.82, 2.24) is 9.55 Å². The van der Waals surface area contributed by atoms with Crippen LogP contribution in [0.5, 0.6) is 0 Å². The lowest BCUT2D eigenvalue weighted by Gasteiger charge is -2.16. The van der Waals surface area contributed by atoms with Gasteiger partial charge in [0.25, 0.3) is 5.56 Å². The lowest BCUT2D eigenvalue weighted by molar-refractivity contribution is 0.507. The summed E-state index contributed by atoms with van der Waals surface area (Å²) in [5.74, 6) is 0.506. The highest BCUT2D eigenvalue weighted by atomic mass is 16.2. The molecule has 0 bridgehead atoms. The van der Waals surface area contributed by atoms with Gasteiger partial charge in [-0.25, -0.2) is 4.79 Å². The topological polar surface area (TPSA) is 92.9 Å². The van der Waals surface area contributed by atoms with E-state index in [1.54, 1.807) is 0 Å². The highest BCUT2D eigenvalue weighted by Crippen LogP contribution is 2.44. The molecule has 1 aliphatic rings. The maximum atomic E-state index is 11.8. The molecule has 0 atom stereocenters. The molecular formula is C13H22N4O2. The number of nitrogen functional groups attached to an aromatic ring is 1. The van der Waals surface area contributed by atoms with Gasteiger partial charge in [0.15, 0.2) is 0 Å². The van der Waals surface area contributed by atoms with Crippen LogP contribution in [0.2, 0.25) is 0 Å². The summed E-state index contributed by atoms with van der Waals surface area (Å²) in [7, 11) is 0. The fourth-order valence-electron chi connectivity index (χ4n) is 2.00. The summed E-state index contributed by atoms with van der Waals surface area (Å²) in [5, 5.41) is 3.10. The third-order valence-corrected chi connectivity index (χ3v) is 3.58. The Kier molecular flexibility index (Phi) is 3.43. The molecule has 0 saturated heterocycles. The number of hydrogen-bond donors (Lipinski definition) is 3. The van der Waals surface area contributed by atoms with E-state index in [0.717, 1.165) is 12.8 Å². The standard InChI is InChI=1S/C13H22N4O2/c1-8(2)6-17-10(14)9(11(18)16-12(17)19)15-7-13(3)4-5-13/h8,15H,4-7,14H2,1-3H3,(H,16,18,19). The largest absolute Gasteiger partial charge is 0.383 e. The van der Waals surface area contributed by atoms with Gasteiger partial charge in [-0.1, -0.05) is 20.8 Å². The van der Waals surface area contributed by atoms with E-state index >= 15 is 0 Å². The molecule has 2 rings (SSSR count). The minimum Gasteiger partial charge on any atom is -0.383 e. The Hall–Kier alpha value is -1.72. The van der Waals surface area contributed by atoms with Crippen molar-refractivity contribution < 1.29 is 0 Å². The van der Waals surface area contributed by atoms with Crippen LogP contribution in [0.1, 0.15) is 33.6 Å². The minimum absolute atomic E-state index is 0.228. The van der Waals surface area contributed by atoms with Gasteiger partial charge < -0.3 is 11.1 Å². The molecule has 0 radical (unpaired) electrons. The maximum absolute atomic E-state index is 11.8. The minimum atomic E-state index is -0.445. The van der Waals surface area contributed by atoms with Crippen molar-refractivity contribution in [3.63, 3.8) is 0 Å². The van der Waals surface area contributed by atoms with Gasteiger partial charge in [0.1, 0.15) is 11.5 Å². The van der Waals surface area contributed by atoms with Gasteiger partial charge in [-0.3, -0.25) is 14.3 Å². The molecule has 4 N–H and O–H groups in total. The van der Waals surface area contributed by atoms with Crippen LogP contribution in [0.15, 0.2) is 9.59 Å². The molecule has 1 saturated carbocycles. The second-order valence-corrected chi connectivity index (χ2v) is 6.19.